The van der Waals surface area contributed by atoms with E-state index in [-0.39, 0.29) is 11.8 Å². The molecule has 0 unspecified atom stereocenters. The van der Waals surface area contributed by atoms with E-state index in [4.69, 9.17) is 4.74 Å². The van der Waals surface area contributed by atoms with Gasteiger partial charge in [0.05, 0.1) is 23.8 Å². The molecular formula is C20H17NO3S. The van der Waals surface area contributed by atoms with Crippen molar-refractivity contribution in [2.24, 2.45) is 0 Å². The number of carbonyl (C=O) groups is 2. The minimum Gasteiger partial charge on any atom is -0.463 e. The Labute approximate surface area is 149 Å². The number of hydrogen-bond donors (Lipinski definition) is 1. The molecule has 2 heterocycles. The van der Waals surface area contributed by atoms with E-state index in [1.54, 1.807) is 18.3 Å². The maximum Gasteiger partial charge on any atom is 0.336 e. The molecule has 4 rings (SSSR count). The van der Waals surface area contributed by atoms with E-state index < -0.39 is 5.92 Å². The van der Waals surface area contributed by atoms with Gasteiger partial charge < -0.3 is 10.1 Å². The Morgan fingerprint density at radius 1 is 1.20 bits per heavy atom. The fourth-order valence-corrected chi connectivity index (χ4v) is 4.39. The summed E-state index contributed by atoms with van der Waals surface area (Å²) in [5.41, 5.74) is 4.27. The van der Waals surface area contributed by atoms with Gasteiger partial charge in [0.1, 0.15) is 0 Å². The maximum atomic E-state index is 13.1. The smallest absolute Gasteiger partial charge is 0.336 e. The predicted molar refractivity (Wildman–Crippen MR) is 97.2 cm³/mol. The Hall–Kier alpha value is -2.66. The van der Waals surface area contributed by atoms with Gasteiger partial charge in [-0.3, -0.25) is 4.79 Å². The third-order valence-corrected chi connectivity index (χ3v) is 5.51. The van der Waals surface area contributed by atoms with E-state index in [1.165, 1.54) is 0 Å². The molecule has 1 aliphatic carbocycles. The zero-order valence-corrected chi connectivity index (χ0v) is 14.8. The van der Waals surface area contributed by atoms with Crippen LogP contribution in [0.25, 0.3) is 5.70 Å². The first-order valence-electron chi connectivity index (χ1n) is 8.20. The molecule has 1 atom stereocenters. The molecule has 0 spiro atoms. The number of ether oxygens (including phenoxy) is 1. The van der Waals surface area contributed by atoms with E-state index in [1.807, 2.05) is 48.7 Å². The van der Waals surface area contributed by atoms with E-state index in [0.29, 0.717) is 23.3 Å². The van der Waals surface area contributed by atoms with Crippen molar-refractivity contribution in [3.8, 4) is 0 Å². The highest BCUT2D eigenvalue weighted by Crippen LogP contribution is 2.47. The van der Waals surface area contributed by atoms with Crippen molar-refractivity contribution >= 4 is 28.8 Å². The normalized spacial score (nSPS) is 18.8. The molecule has 0 amide bonds. The number of rotatable bonds is 3. The van der Waals surface area contributed by atoms with Crippen LogP contribution in [-0.4, -0.2) is 18.4 Å². The van der Waals surface area contributed by atoms with Gasteiger partial charge in [0.15, 0.2) is 5.78 Å². The Kier molecular flexibility index (Phi) is 3.81. The van der Waals surface area contributed by atoms with Crippen molar-refractivity contribution in [2.75, 3.05) is 6.61 Å². The molecule has 1 aromatic carbocycles. The Balaban J connectivity index is 1.91. The zero-order valence-electron chi connectivity index (χ0n) is 14.0. The average molecular weight is 351 g/mol. The van der Waals surface area contributed by atoms with Crippen LogP contribution < -0.4 is 5.32 Å². The highest BCUT2D eigenvalue weighted by molar-refractivity contribution is 7.10. The van der Waals surface area contributed by atoms with Crippen molar-refractivity contribution in [3.05, 3.63) is 74.6 Å². The Morgan fingerprint density at radius 3 is 2.64 bits per heavy atom. The minimum absolute atomic E-state index is 0.0224. The van der Waals surface area contributed by atoms with Crippen LogP contribution >= 0.6 is 11.3 Å². The van der Waals surface area contributed by atoms with Gasteiger partial charge in [0.25, 0.3) is 0 Å². The lowest BCUT2D eigenvalue weighted by atomic mass is 9.83. The van der Waals surface area contributed by atoms with Crippen molar-refractivity contribution in [2.45, 2.75) is 19.8 Å². The highest BCUT2D eigenvalue weighted by atomic mass is 32.1. The molecule has 0 bridgehead atoms. The number of benzene rings is 1. The van der Waals surface area contributed by atoms with Gasteiger partial charge in [-0.1, -0.05) is 30.3 Å². The molecule has 1 aliphatic heterocycles. The summed E-state index contributed by atoms with van der Waals surface area (Å²) in [7, 11) is 0. The second-order valence-corrected chi connectivity index (χ2v) is 6.98. The summed E-state index contributed by atoms with van der Waals surface area (Å²) < 4.78 is 5.27. The van der Waals surface area contributed by atoms with Gasteiger partial charge in [-0.05, 0) is 25.3 Å². The molecule has 1 aromatic heterocycles. The number of carbonyl (C=O) groups excluding carboxylic acids is 2. The summed E-state index contributed by atoms with van der Waals surface area (Å²) in [6.07, 6.45) is 0. The number of esters is 1. The molecule has 4 nitrogen and oxygen atoms in total. The van der Waals surface area contributed by atoms with Gasteiger partial charge in [-0.25, -0.2) is 4.79 Å². The maximum absolute atomic E-state index is 13.1. The van der Waals surface area contributed by atoms with Crippen molar-refractivity contribution < 1.29 is 14.3 Å². The van der Waals surface area contributed by atoms with E-state index in [0.717, 1.165) is 21.8 Å². The number of ketones is 1. The van der Waals surface area contributed by atoms with Crippen LogP contribution in [-0.2, 0) is 9.53 Å². The zero-order chi connectivity index (χ0) is 17.6. The van der Waals surface area contributed by atoms with Gasteiger partial charge in [0, 0.05) is 27.3 Å². The SMILES string of the molecule is CCOC(=O)C1=C(C)NC2=C(C(=O)c3ccccc32)[C@@H]1c1cccs1. The summed E-state index contributed by atoms with van der Waals surface area (Å²) in [5.74, 6) is -0.790. The number of allylic oxidation sites excluding steroid dienone is 2. The van der Waals surface area contributed by atoms with Gasteiger partial charge in [-0.15, -0.1) is 11.3 Å². The average Bonchev–Trinajstić information content (AvgIpc) is 3.22. The van der Waals surface area contributed by atoms with Crippen LogP contribution in [0.5, 0.6) is 0 Å². The first-order valence-corrected chi connectivity index (χ1v) is 9.08. The first-order chi connectivity index (χ1) is 12.1. The van der Waals surface area contributed by atoms with E-state index >= 15 is 0 Å². The Morgan fingerprint density at radius 2 is 1.96 bits per heavy atom. The minimum atomic E-state index is -0.393. The van der Waals surface area contributed by atoms with Crippen LogP contribution in [0.1, 0.15) is 40.6 Å². The fraction of sp³-hybridized carbons (Fsp3) is 0.200. The molecule has 1 N–H and O–H groups in total. The van der Waals surface area contributed by atoms with Gasteiger partial charge in [0.2, 0.25) is 0 Å². The summed E-state index contributed by atoms with van der Waals surface area (Å²) >= 11 is 1.54. The third kappa shape index (κ3) is 2.35. The van der Waals surface area contributed by atoms with Crippen LogP contribution in [0.3, 0.4) is 0 Å². The molecule has 5 heteroatoms. The molecule has 126 valence electrons. The lowest BCUT2D eigenvalue weighted by molar-refractivity contribution is -0.138. The van der Waals surface area contributed by atoms with E-state index in [2.05, 4.69) is 5.32 Å². The molecule has 25 heavy (non-hydrogen) atoms. The summed E-state index contributed by atoms with van der Waals surface area (Å²) in [6.45, 7) is 3.94. The summed E-state index contributed by atoms with van der Waals surface area (Å²) in [6, 6.07) is 11.5. The van der Waals surface area contributed by atoms with Gasteiger partial charge in [-0.2, -0.15) is 0 Å². The molecule has 0 fully saturated rings. The number of Topliss-reactive ketones (excluding diaryl/α,β-unsaturated/α-hetero) is 1. The van der Waals surface area contributed by atoms with Crippen molar-refractivity contribution in [1.82, 2.24) is 5.32 Å². The highest BCUT2D eigenvalue weighted by Gasteiger charge is 2.43. The second kappa shape index (κ2) is 6.01. The molecule has 2 aromatic rings. The lowest BCUT2D eigenvalue weighted by Gasteiger charge is -2.28. The molecule has 0 radical (unpaired) electrons. The quantitative estimate of drug-likeness (QED) is 0.853. The molecule has 0 saturated carbocycles. The first kappa shape index (κ1) is 15.8. The fourth-order valence-electron chi connectivity index (χ4n) is 3.55. The largest absolute Gasteiger partial charge is 0.463 e. The molecular weight excluding hydrogens is 334 g/mol. The van der Waals surface area contributed by atoms with Gasteiger partial charge >= 0.3 is 5.97 Å². The second-order valence-electron chi connectivity index (χ2n) is 6.00. The number of nitrogens with one attached hydrogen (secondary N) is 1. The van der Waals surface area contributed by atoms with Crippen LogP contribution in [0.15, 0.2) is 58.6 Å². The summed E-state index contributed by atoms with van der Waals surface area (Å²) in [4.78, 5) is 26.7. The Bertz CT molecular complexity index is 938. The van der Waals surface area contributed by atoms with Crippen molar-refractivity contribution in [3.63, 3.8) is 0 Å². The number of dihydropyridines is 1. The number of hydrogen-bond acceptors (Lipinski definition) is 5. The molecule has 0 saturated heterocycles. The topological polar surface area (TPSA) is 55.4 Å². The van der Waals surface area contributed by atoms with Crippen molar-refractivity contribution in [1.29, 1.82) is 0 Å². The number of thiophene rings is 1. The predicted octanol–water partition coefficient (Wildman–Crippen LogP) is 3.88. The summed E-state index contributed by atoms with van der Waals surface area (Å²) in [5, 5.41) is 5.25. The lowest BCUT2D eigenvalue weighted by Crippen LogP contribution is -2.29. The monoisotopic (exact) mass is 351 g/mol. The molecule has 2 aliphatic rings. The van der Waals surface area contributed by atoms with E-state index in [9.17, 15) is 9.59 Å². The number of fused-ring (bicyclic) bond motifs is 2. The van der Waals surface area contributed by atoms with Crippen LogP contribution in [0.2, 0.25) is 0 Å². The van der Waals surface area contributed by atoms with Crippen LogP contribution in [0, 0.1) is 0 Å². The standard InChI is InChI=1S/C20H17NO3S/c1-3-24-20(23)15-11(2)21-18-12-7-4-5-8-13(12)19(22)17(18)16(15)14-9-6-10-25-14/h4-10,16,21H,3H2,1-2H3/t16-/m1/s1. The third-order valence-electron chi connectivity index (χ3n) is 4.57. The van der Waals surface area contributed by atoms with Crippen LogP contribution in [0.4, 0.5) is 0 Å².